The Morgan fingerprint density at radius 2 is 1.82 bits per heavy atom. The molecular weight excluding hydrogens is 475 g/mol. The minimum Gasteiger partial charge on any atom is -0.384 e. The average molecular weight is 494 g/mol. The minimum absolute atomic E-state index is 0.144. The normalized spacial score (nSPS) is 19.9. The number of hydrogen-bond donors (Lipinski definition) is 4. The van der Waals surface area contributed by atoms with Gasteiger partial charge in [-0.05, 0) is 42.5 Å². The molecule has 1 saturated heterocycles. The van der Waals surface area contributed by atoms with Gasteiger partial charge in [-0.15, -0.1) is 0 Å². The largest absolute Gasteiger partial charge is 0.384 e. The van der Waals surface area contributed by atoms with Crippen molar-refractivity contribution >= 4 is 39.2 Å². The molecule has 0 spiro atoms. The van der Waals surface area contributed by atoms with Crippen LogP contribution in [0, 0.1) is 5.41 Å². The van der Waals surface area contributed by atoms with Crippen LogP contribution < -0.4 is 16.0 Å². The van der Waals surface area contributed by atoms with Crippen LogP contribution in [0.3, 0.4) is 0 Å². The van der Waals surface area contributed by atoms with Crippen molar-refractivity contribution in [1.29, 1.82) is 5.41 Å². The molecule has 1 heterocycles. The number of ether oxygens (including phenoxy) is 1. The molecule has 0 radical (unpaired) electrons. The number of nitrogens with one attached hydrogen (secondary N) is 2. The van der Waals surface area contributed by atoms with Gasteiger partial charge in [0.05, 0.1) is 6.61 Å². The van der Waals surface area contributed by atoms with Gasteiger partial charge in [0.2, 0.25) is 0 Å². The highest BCUT2D eigenvalue weighted by Crippen LogP contribution is 3.02. The summed E-state index contributed by atoms with van der Waals surface area (Å²) in [7, 11) is -9.98. The molecule has 8 nitrogen and oxygen atoms in total. The molecule has 14 heteroatoms. The van der Waals surface area contributed by atoms with E-state index in [1.165, 1.54) is 24.3 Å². The van der Waals surface area contributed by atoms with Crippen LogP contribution in [0.5, 0.6) is 0 Å². The highest BCUT2D eigenvalue weighted by Gasteiger charge is 2.65. The van der Waals surface area contributed by atoms with E-state index in [2.05, 4.69) is 5.32 Å². The summed E-state index contributed by atoms with van der Waals surface area (Å²) in [6, 6.07) is 7.74. The topological polar surface area (TPSA) is 129 Å². The molecule has 2 atom stereocenters. The summed E-state index contributed by atoms with van der Waals surface area (Å²) in [6.45, 7) is -0.547. The Kier molecular flexibility index (Phi) is 5.68. The predicted molar refractivity (Wildman–Crippen MR) is 112 cm³/mol. The second kappa shape index (κ2) is 7.67. The third-order valence-corrected chi connectivity index (χ3v) is 5.86. The molecule has 2 aromatic rings. The Hall–Kier alpha value is -3.23. The number of benzene rings is 2. The van der Waals surface area contributed by atoms with Crippen molar-refractivity contribution in [2.75, 3.05) is 23.4 Å². The first-order chi connectivity index (χ1) is 15.1. The number of nitrogen functional groups attached to an aromatic ring is 1. The molecule has 1 aliphatic heterocycles. The van der Waals surface area contributed by atoms with Gasteiger partial charge >= 0.3 is 10.2 Å². The third kappa shape index (κ3) is 5.58. The number of halogens is 5. The average Bonchev–Trinajstić information content (AvgIpc) is 2.72. The molecule has 1 aliphatic rings. The van der Waals surface area contributed by atoms with E-state index in [-0.39, 0.29) is 36.8 Å². The quantitative estimate of drug-likeness (QED) is 0.278. The van der Waals surface area contributed by atoms with Gasteiger partial charge in [0, 0.05) is 23.5 Å². The SMILES string of the molecule is N=C(N)c1ccc(NC(=O)[C@H](O)C2OCCN(c3cccc(S(F)(F)(F)(F)F)c3)C2=O)cc1. The van der Waals surface area contributed by atoms with Gasteiger partial charge < -0.3 is 25.8 Å². The molecular formula is C19H19F5N4O4S. The number of amidine groups is 1. The van der Waals surface area contributed by atoms with Gasteiger partial charge in [0.15, 0.2) is 12.2 Å². The Morgan fingerprint density at radius 1 is 1.18 bits per heavy atom. The lowest BCUT2D eigenvalue weighted by Gasteiger charge is -2.41. The van der Waals surface area contributed by atoms with Crippen molar-refractivity contribution in [3.63, 3.8) is 0 Å². The zero-order chi connectivity index (χ0) is 24.7. The molecule has 0 aromatic heterocycles. The highest BCUT2D eigenvalue weighted by atomic mass is 32.5. The fraction of sp³-hybridized carbons (Fsp3) is 0.211. The Labute approximate surface area is 184 Å². The highest BCUT2D eigenvalue weighted by molar-refractivity contribution is 8.45. The molecule has 1 fully saturated rings. The second-order valence-electron chi connectivity index (χ2n) is 7.17. The maximum atomic E-state index is 13.1. The summed E-state index contributed by atoms with van der Waals surface area (Å²) in [5, 5.41) is 20.0. The number of aliphatic hydroxyl groups excluding tert-OH is 1. The predicted octanol–water partition coefficient (Wildman–Crippen LogP) is 3.36. The lowest BCUT2D eigenvalue weighted by atomic mass is 10.1. The van der Waals surface area contributed by atoms with Crippen molar-refractivity contribution < 1.29 is 38.9 Å². The maximum Gasteiger partial charge on any atom is 0.310 e. The van der Waals surface area contributed by atoms with Crippen LogP contribution in [-0.2, 0) is 14.3 Å². The van der Waals surface area contributed by atoms with Crippen LogP contribution in [-0.4, -0.2) is 48.1 Å². The van der Waals surface area contributed by atoms with Gasteiger partial charge in [-0.3, -0.25) is 15.0 Å². The van der Waals surface area contributed by atoms with Crippen molar-refractivity contribution in [3.05, 3.63) is 54.1 Å². The zero-order valence-electron chi connectivity index (χ0n) is 16.7. The van der Waals surface area contributed by atoms with Crippen LogP contribution in [0.25, 0.3) is 0 Å². The third-order valence-electron chi connectivity index (χ3n) is 4.72. The number of carbonyl (C=O) groups excluding carboxylic acids is 2. The number of rotatable bonds is 6. The molecule has 180 valence electrons. The summed E-state index contributed by atoms with van der Waals surface area (Å²) in [4.78, 5) is 23.7. The fourth-order valence-corrected chi connectivity index (χ4v) is 3.75. The van der Waals surface area contributed by atoms with E-state index in [0.717, 1.165) is 17.0 Å². The molecule has 0 aliphatic carbocycles. The summed E-state index contributed by atoms with van der Waals surface area (Å²) in [6.07, 6.45) is -3.83. The number of nitrogens with two attached hydrogens (primary N) is 1. The summed E-state index contributed by atoms with van der Waals surface area (Å²) in [5.74, 6) is -2.33. The Balaban J connectivity index is 1.77. The van der Waals surface area contributed by atoms with E-state index in [0.29, 0.717) is 5.56 Å². The maximum absolute atomic E-state index is 13.1. The number of anilines is 2. The lowest BCUT2D eigenvalue weighted by molar-refractivity contribution is -0.150. The minimum atomic E-state index is -9.98. The van der Waals surface area contributed by atoms with Crippen LogP contribution in [0.1, 0.15) is 5.56 Å². The molecule has 0 bridgehead atoms. The van der Waals surface area contributed by atoms with E-state index >= 15 is 0 Å². The van der Waals surface area contributed by atoms with E-state index < -0.39 is 44.8 Å². The smallest absolute Gasteiger partial charge is 0.310 e. The van der Waals surface area contributed by atoms with Crippen molar-refractivity contribution in [2.24, 2.45) is 5.73 Å². The molecule has 3 rings (SSSR count). The van der Waals surface area contributed by atoms with Crippen molar-refractivity contribution in [2.45, 2.75) is 17.1 Å². The lowest BCUT2D eigenvalue weighted by Crippen LogP contribution is -2.55. The van der Waals surface area contributed by atoms with Gasteiger partial charge in [0.25, 0.3) is 11.8 Å². The number of hydrogen-bond acceptors (Lipinski definition) is 5. The second-order valence-corrected chi connectivity index (χ2v) is 9.58. The number of carbonyl (C=O) groups is 2. The zero-order valence-corrected chi connectivity index (χ0v) is 17.5. The monoisotopic (exact) mass is 494 g/mol. The van der Waals surface area contributed by atoms with Crippen molar-refractivity contribution in [3.8, 4) is 0 Å². The van der Waals surface area contributed by atoms with Crippen LogP contribution in [0.15, 0.2) is 53.4 Å². The van der Waals surface area contributed by atoms with E-state index in [1.807, 2.05) is 0 Å². The van der Waals surface area contributed by atoms with Gasteiger partial charge in [-0.2, -0.15) is 0 Å². The molecule has 2 amide bonds. The van der Waals surface area contributed by atoms with Crippen LogP contribution >= 0.6 is 10.2 Å². The summed E-state index contributed by atoms with van der Waals surface area (Å²) in [5.41, 5.74) is 5.43. The summed E-state index contributed by atoms with van der Waals surface area (Å²) < 4.78 is 70.8. The Bertz CT molecular complexity index is 1110. The Morgan fingerprint density at radius 3 is 2.39 bits per heavy atom. The first-order valence-electron chi connectivity index (χ1n) is 9.27. The molecule has 5 N–H and O–H groups in total. The molecule has 0 saturated carbocycles. The van der Waals surface area contributed by atoms with E-state index in [9.17, 15) is 34.1 Å². The first kappa shape index (κ1) is 24.4. The van der Waals surface area contributed by atoms with Gasteiger partial charge in [-0.1, -0.05) is 25.5 Å². The summed E-state index contributed by atoms with van der Waals surface area (Å²) >= 11 is 0. The number of amides is 2. The fourth-order valence-electron chi connectivity index (χ4n) is 3.07. The van der Waals surface area contributed by atoms with Crippen LogP contribution in [0.2, 0.25) is 0 Å². The number of morpholine rings is 1. The van der Waals surface area contributed by atoms with Gasteiger partial charge in [-0.25, -0.2) is 0 Å². The molecule has 2 aromatic carbocycles. The number of nitrogens with zero attached hydrogens (tertiary/aromatic N) is 1. The molecule has 1 unspecified atom stereocenters. The van der Waals surface area contributed by atoms with Crippen LogP contribution in [0.4, 0.5) is 30.8 Å². The molecule has 33 heavy (non-hydrogen) atoms. The van der Waals surface area contributed by atoms with Crippen molar-refractivity contribution in [1.82, 2.24) is 0 Å². The standard InChI is InChI=1S/C19H19F5N4O4S/c20-33(21,22,23,24)14-3-1-2-13(10-14)28-8-9-32-16(19(28)31)15(29)18(30)27-12-6-4-11(5-7-12)17(25)26/h1-7,10,15-16,29H,8-9H2,(H3,25,26)(H,27,30)/t15-,16?/m1/s1. The van der Waals surface area contributed by atoms with E-state index in [1.54, 1.807) is 0 Å². The van der Waals surface area contributed by atoms with E-state index in [4.69, 9.17) is 15.9 Å². The van der Waals surface area contributed by atoms with Gasteiger partial charge in [0.1, 0.15) is 10.7 Å². The first-order valence-corrected chi connectivity index (χ1v) is 11.2. The number of aliphatic hydroxyl groups is 1.